The molecule has 4 amide bonds. The Labute approximate surface area is 287 Å². The van der Waals surface area contributed by atoms with Crippen LogP contribution < -0.4 is 10.6 Å². The van der Waals surface area contributed by atoms with E-state index in [9.17, 15) is 32.7 Å². The smallest absolute Gasteiger partial charge is 0.420 e. The maximum atomic E-state index is 14.0. The van der Waals surface area contributed by atoms with E-state index in [-0.39, 0.29) is 42.3 Å². The summed E-state index contributed by atoms with van der Waals surface area (Å²) in [6, 6.07) is 2.33. The molecule has 6 rings (SSSR count). The number of amides is 4. The zero-order valence-electron chi connectivity index (χ0n) is 26.7. The highest BCUT2D eigenvalue weighted by molar-refractivity contribution is 7.08. The molecule has 1 atom stereocenters. The van der Waals surface area contributed by atoms with Gasteiger partial charge < -0.3 is 30.4 Å². The summed E-state index contributed by atoms with van der Waals surface area (Å²) in [5.74, 6) is -2.48. The van der Waals surface area contributed by atoms with Crippen LogP contribution >= 0.6 is 22.9 Å². The molecule has 0 spiro atoms. The van der Waals surface area contributed by atoms with E-state index in [4.69, 9.17) is 11.6 Å². The van der Waals surface area contributed by atoms with Gasteiger partial charge in [-0.25, -0.2) is 4.79 Å². The first-order chi connectivity index (χ1) is 23.0. The predicted molar refractivity (Wildman–Crippen MR) is 177 cm³/mol. The van der Waals surface area contributed by atoms with Crippen LogP contribution in [0.4, 0.5) is 23.7 Å². The minimum atomic E-state index is -4.84. The van der Waals surface area contributed by atoms with Crippen LogP contribution in [0.25, 0.3) is 0 Å². The first-order valence-electron chi connectivity index (χ1n) is 16.7. The Balaban J connectivity index is 1.12. The molecule has 1 aromatic carbocycles. The molecule has 3 fully saturated rings. The molecule has 0 unspecified atom stereocenters. The molecule has 0 radical (unpaired) electrons. The molecule has 0 bridgehead atoms. The largest absolute Gasteiger partial charge is 0.506 e. The van der Waals surface area contributed by atoms with E-state index in [0.29, 0.717) is 64.7 Å². The number of phenolic OH excluding ortho intramolecular Hbond substituents is 1. The van der Waals surface area contributed by atoms with Gasteiger partial charge >= 0.3 is 12.2 Å². The van der Waals surface area contributed by atoms with Crippen molar-refractivity contribution < 1.29 is 32.7 Å². The monoisotopic (exact) mass is 710 g/mol. The molecule has 0 aliphatic carbocycles. The number of rotatable bonds is 7. The van der Waals surface area contributed by atoms with Gasteiger partial charge in [-0.2, -0.15) is 13.2 Å². The summed E-state index contributed by atoms with van der Waals surface area (Å²) < 4.78 is 41.1. The Kier molecular flexibility index (Phi) is 10.7. The van der Waals surface area contributed by atoms with E-state index in [1.54, 1.807) is 21.1 Å². The second kappa shape index (κ2) is 14.8. The van der Waals surface area contributed by atoms with Crippen LogP contribution in [0.1, 0.15) is 48.8 Å². The number of piperazine rings is 1. The Bertz CT molecular complexity index is 1490. The van der Waals surface area contributed by atoms with Gasteiger partial charge in [-0.05, 0) is 80.3 Å². The highest BCUT2D eigenvalue weighted by Gasteiger charge is 2.38. The first-order valence-corrected chi connectivity index (χ1v) is 18.0. The van der Waals surface area contributed by atoms with Crippen molar-refractivity contribution in [2.24, 2.45) is 5.92 Å². The van der Waals surface area contributed by atoms with Crippen molar-refractivity contribution >= 4 is 46.5 Å². The molecule has 3 saturated heterocycles. The molecule has 4 aliphatic heterocycles. The van der Waals surface area contributed by atoms with Crippen molar-refractivity contribution in [2.45, 2.75) is 63.2 Å². The number of carbonyl (C=O) groups excluding carboxylic acids is 3. The van der Waals surface area contributed by atoms with E-state index >= 15 is 0 Å². The Morgan fingerprint density at radius 1 is 0.958 bits per heavy atom. The molecular formula is C33H42ClF3N6O4S. The number of hydrogen-bond donors (Lipinski definition) is 3. The predicted octanol–water partition coefficient (Wildman–Crippen LogP) is 4.65. The van der Waals surface area contributed by atoms with E-state index in [1.165, 1.54) is 6.07 Å². The SMILES string of the molecule is O=C(C[C@H](Cc1cc(Cl)c(O)c(C(F)(F)F)c1)C(=O)N1CCN(C2CCNCC2)CC1)N1CCC(N2CCc3cscc3NC2=O)CC1. The number of aromatic hydroxyl groups is 1. The second-order valence-corrected chi connectivity index (χ2v) is 14.4. The molecule has 4 aliphatic rings. The van der Waals surface area contributed by atoms with Gasteiger partial charge in [0.2, 0.25) is 11.8 Å². The van der Waals surface area contributed by atoms with Crippen LogP contribution in [0, 0.1) is 5.92 Å². The van der Waals surface area contributed by atoms with Crippen molar-refractivity contribution in [3.63, 3.8) is 0 Å². The number of phenols is 1. The number of halogens is 4. The molecule has 262 valence electrons. The number of nitrogens with zero attached hydrogens (tertiary/aromatic N) is 4. The summed E-state index contributed by atoms with van der Waals surface area (Å²) in [5.41, 5.74) is 0.821. The maximum Gasteiger partial charge on any atom is 0.420 e. The zero-order chi connectivity index (χ0) is 34.0. The lowest BCUT2D eigenvalue weighted by atomic mass is 9.92. The van der Waals surface area contributed by atoms with E-state index in [1.807, 2.05) is 15.7 Å². The number of anilines is 1. The van der Waals surface area contributed by atoms with Crippen LogP contribution in [0.2, 0.25) is 5.02 Å². The third kappa shape index (κ3) is 7.87. The van der Waals surface area contributed by atoms with Crippen molar-refractivity contribution in [2.75, 3.05) is 64.2 Å². The van der Waals surface area contributed by atoms with Gasteiger partial charge in [-0.15, -0.1) is 11.3 Å². The number of piperidine rings is 2. The lowest BCUT2D eigenvalue weighted by Crippen LogP contribution is -2.55. The average Bonchev–Trinajstić information content (AvgIpc) is 3.45. The highest BCUT2D eigenvalue weighted by atomic mass is 35.5. The fourth-order valence-electron chi connectivity index (χ4n) is 7.53. The van der Waals surface area contributed by atoms with Crippen LogP contribution in [0.5, 0.6) is 5.75 Å². The van der Waals surface area contributed by atoms with Gasteiger partial charge in [-0.1, -0.05) is 11.6 Å². The molecule has 0 saturated carbocycles. The number of benzene rings is 1. The van der Waals surface area contributed by atoms with Gasteiger partial charge in [0, 0.05) is 69.7 Å². The quantitative estimate of drug-likeness (QED) is 0.386. The fraction of sp³-hybridized carbons (Fsp3) is 0.606. The van der Waals surface area contributed by atoms with Crippen LogP contribution in [-0.4, -0.2) is 114 Å². The minimum Gasteiger partial charge on any atom is -0.506 e. The summed E-state index contributed by atoms with van der Waals surface area (Å²) in [6.45, 7) is 5.69. The average molecular weight is 711 g/mol. The van der Waals surface area contributed by atoms with Crippen molar-refractivity contribution in [3.05, 3.63) is 44.6 Å². The summed E-state index contributed by atoms with van der Waals surface area (Å²) >= 11 is 7.57. The molecule has 48 heavy (non-hydrogen) atoms. The summed E-state index contributed by atoms with van der Waals surface area (Å²) in [4.78, 5) is 48.4. The zero-order valence-corrected chi connectivity index (χ0v) is 28.3. The standard InChI is InChI=1S/C33H42ClF3N6O4S/c34-27-17-21(16-26(30(27)45)33(35,36)37)15-23(31(46)42-13-11-40(12-14-42)24-1-6-38-7-2-24)18-29(44)41-8-4-25(5-9-41)43-10-3-22-19-48-20-28(22)39-32(43)47/h16-17,19-20,23-25,38,45H,1-15,18H2,(H,39,47)/t23-/m0/s1. The topological polar surface area (TPSA) is 108 Å². The molecule has 2 aromatic rings. The highest BCUT2D eigenvalue weighted by Crippen LogP contribution is 2.41. The summed E-state index contributed by atoms with van der Waals surface area (Å²) in [5, 5.41) is 19.9. The van der Waals surface area contributed by atoms with E-state index < -0.39 is 28.4 Å². The van der Waals surface area contributed by atoms with Gasteiger partial charge in [-0.3, -0.25) is 14.5 Å². The number of thiophene rings is 1. The second-order valence-electron chi connectivity index (χ2n) is 13.2. The number of likely N-dealkylation sites (tertiary alicyclic amines) is 1. The number of carbonyl (C=O) groups is 3. The van der Waals surface area contributed by atoms with E-state index in [0.717, 1.165) is 49.7 Å². The number of nitrogens with one attached hydrogen (secondary N) is 2. The molecule has 1 aromatic heterocycles. The lowest BCUT2D eigenvalue weighted by molar-refractivity contribution is -0.143. The number of alkyl halides is 3. The van der Waals surface area contributed by atoms with Gasteiger partial charge in [0.25, 0.3) is 0 Å². The van der Waals surface area contributed by atoms with E-state index in [2.05, 4.69) is 15.5 Å². The summed E-state index contributed by atoms with van der Waals surface area (Å²) in [6.07, 6.45) is -1.12. The lowest BCUT2D eigenvalue weighted by Gasteiger charge is -2.42. The van der Waals surface area contributed by atoms with Crippen LogP contribution in [-0.2, 0) is 28.6 Å². The van der Waals surface area contributed by atoms with Crippen LogP contribution in [0.15, 0.2) is 22.9 Å². The third-order valence-electron chi connectivity index (χ3n) is 10.3. The van der Waals surface area contributed by atoms with Crippen molar-refractivity contribution in [3.8, 4) is 5.75 Å². The molecule has 3 N–H and O–H groups in total. The number of hydrogen-bond acceptors (Lipinski definition) is 7. The normalized spacial score (nSPS) is 21.1. The molecular weight excluding hydrogens is 669 g/mol. The number of fused-ring (bicyclic) bond motifs is 1. The Morgan fingerprint density at radius 2 is 1.67 bits per heavy atom. The fourth-order valence-corrected chi connectivity index (χ4v) is 8.59. The number of urea groups is 1. The summed E-state index contributed by atoms with van der Waals surface area (Å²) in [7, 11) is 0. The molecule has 15 heteroatoms. The minimum absolute atomic E-state index is 0.0321. The van der Waals surface area contributed by atoms with Crippen molar-refractivity contribution in [1.29, 1.82) is 0 Å². The third-order valence-corrected chi connectivity index (χ3v) is 11.3. The first kappa shape index (κ1) is 34.8. The molecule has 10 nitrogen and oxygen atoms in total. The van der Waals surface area contributed by atoms with Crippen LogP contribution in [0.3, 0.4) is 0 Å². The van der Waals surface area contributed by atoms with Gasteiger partial charge in [0.15, 0.2) is 0 Å². The Morgan fingerprint density at radius 3 is 2.35 bits per heavy atom. The van der Waals surface area contributed by atoms with Gasteiger partial charge in [0.1, 0.15) is 5.75 Å². The van der Waals surface area contributed by atoms with Crippen molar-refractivity contribution in [1.82, 2.24) is 24.9 Å². The Hall–Kier alpha value is -3.07. The molecule has 5 heterocycles. The van der Waals surface area contributed by atoms with Gasteiger partial charge in [0.05, 0.1) is 22.2 Å². The maximum absolute atomic E-state index is 14.0.